The normalized spacial score (nSPS) is 22.3. The van der Waals surface area contributed by atoms with E-state index < -0.39 is 10.0 Å². The van der Waals surface area contributed by atoms with Crippen molar-refractivity contribution in [1.82, 2.24) is 9.21 Å². The van der Waals surface area contributed by atoms with Crippen molar-refractivity contribution in [2.75, 3.05) is 47.4 Å². The number of hydrogen-bond acceptors (Lipinski definition) is 5. The van der Waals surface area contributed by atoms with Crippen LogP contribution in [-0.4, -0.2) is 70.2 Å². The van der Waals surface area contributed by atoms with Gasteiger partial charge in [-0.2, -0.15) is 4.31 Å². The van der Waals surface area contributed by atoms with Gasteiger partial charge >= 0.3 is 0 Å². The van der Waals surface area contributed by atoms with Gasteiger partial charge in [-0.05, 0) is 57.1 Å². The van der Waals surface area contributed by atoms with Crippen LogP contribution in [0.2, 0.25) is 0 Å². The van der Waals surface area contributed by atoms with Crippen molar-refractivity contribution in [3.05, 3.63) is 23.3 Å². The molecular formula is C17H28N2O4S. The minimum Gasteiger partial charge on any atom is -0.496 e. The minimum atomic E-state index is -3.58. The summed E-state index contributed by atoms with van der Waals surface area (Å²) in [5.74, 6) is 0.799. The van der Waals surface area contributed by atoms with E-state index in [-0.39, 0.29) is 18.4 Å². The van der Waals surface area contributed by atoms with Gasteiger partial charge in [0.15, 0.2) is 0 Å². The van der Waals surface area contributed by atoms with Gasteiger partial charge in [0.05, 0.1) is 12.0 Å². The van der Waals surface area contributed by atoms with Gasteiger partial charge in [0.2, 0.25) is 10.0 Å². The third kappa shape index (κ3) is 3.74. The molecule has 0 aliphatic carbocycles. The van der Waals surface area contributed by atoms with E-state index in [2.05, 4.69) is 0 Å². The molecule has 1 fully saturated rings. The van der Waals surface area contributed by atoms with Gasteiger partial charge < -0.3 is 14.7 Å². The lowest BCUT2D eigenvalue weighted by atomic mass is 9.97. The Hall–Kier alpha value is -1.15. The molecule has 1 N–H and O–H groups in total. The SMILES string of the molecule is COc1cc(C)c(S(=O)(=O)N2C[C@@H](CN(C)C)[C@@H](CO)C2)cc1C. The number of aryl methyl sites for hydroxylation is 2. The summed E-state index contributed by atoms with van der Waals surface area (Å²) in [4.78, 5) is 2.36. The molecule has 0 aromatic heterocycles. The Bertz CT molecular complexity index is 688. The smallest absolute Gasteiger partial charge is 0.243 e. The Morgan fingerprint density at radius 3 is 2.38 bits per heavy atom. The Morgan fingerprint density at radius 1 is 1.21 bits per heavy atom. The maximum atomic E-state index is 13.1. The van der Waals surface area contributed by atoms with Gasteiger partial charge in [-0.25, -0.2) is 8.42 Å². The molecule has 1 saturated heterocycles. The number of nitrogens with zero attached hydrogens (tertiary/aromatic N) is 2. The van der Waals surface area contributed by atoms with Crippen molar-refractivity contribution in [3.63, 3.8) is 0 Å². The van der Waals surface area contributed by atoms with E-state index in [4.69, 9.17) is 4.74 Å². The molecule has 1 aliphatic heterocycles. The van der Waals surface area contributed by atoms with E-state index in [1.165, 1.54) is 4.31 Å². The lowest BCUT2D eigenvalue weighted by Crippen LogP contribution is -2.31. The monoisotopic (exact) mass is 356 g/mol. The standard InChI is InChI=1S/C17H28N2O4S/c1-12-7-17(13(2)6-16(12)23-5)24(21,22)19-9-14(8-18(3)4)15(10-19)11-20/h6-7,14-15,20H,8-11H2,1-5H3/t14-,15-/m1/s1. The van der Waals surface area contributed by atoms with Gasteiger partial charge in [0.25, 0.3) is 0 Å². The molecule has 0 amide bonds. The zero-order valence-electron chi connectivity index (χ0n) is 15.1. The summed E-state index contributed by atoms with van der Waals surface area (Å²) < 4.78 is 33.0. The number of aliphatic hydroxyl groups is 1. The molecule has 1 aromatic carbocycles. The zero-order valence-corrected chi connectivity index (χ0v) is 15.9. The predicted molar refractivity (Wildman–Crippen MR) is 93.8 cm³/mol. The first-order valence-corrected chi connectivity index (χ1v) is 9.55. The van der Waals surface area contributed by atoms with E-state index in [0.717, 1.165) is 12.1 Å². The zero-order chi connectivity index (χ0) is 18.1. The van der Waals surface area contributed by atoms with Crippen LogP contribution in [0.3, 0.4) is 0 Å². The van der Waals surface area contributed by atoms with Crippen LogP contribution in [0, 0.1) is 25.7 Å². The van der Waals surface area contributed by atoms with E-state index in [1.807, 2.05) is 25.9 Å². The number of aliphatic hydroxyl groups excluding tert-OH is 1. The molecule has 0 spiro atoms. The molecule has 0 bridgehead atoms. The molecule has 1 aromatic rings. The van der Waals surface area contributed by atoms with Crippen LogP contribution in [0.15, 0.2) is 17.0 Å². The molecule has 0 saturated carbocycles. The van der Waals surface area contributed by atoms with E-state index in [1.54, 1.807) is 26.2 Å². The quantitative estimate of drug-likeness (QED) is 0.827. The van der Waals surface area contributed by atoms with Crippen LogP contribution in [0.25, 0.3) is 0 Å². The largest absolute Gasteiger partial charge is 0.496 e. The fourth-order valence-corrected chi connectivity index (χ4v) is 5.22. The van der Waals surface area contributed by atoms with Crippen LogP contribution in [0.5, 0.6) is 5.75 Å². The van der Waals surface area contributed by atoms with Gasteiger partial charge in [-0.15, -0.1) is 0 Å². The maximum absolute atomic E-state index is 13.1. The van der Waals surface area contributed by atoms with Gasteiger partial charge in [0.1, 0.15) is 5.75 Å². The van der Waals surface area contributed by atoms with Gasteiger partial charge in [-0.3, -0.25) is 0 Å². The Kier molecular flexibility index (Phi) is 5.91. The molecule has 1 aliphatic rings. The van der Waals surface area contributed by atoms with E-state index in [0.29, 0.717) is 29.3 Å². The summed E-state index contributed by atoms with van der Waals surface area (Å²) in [7, 11) is 1.92. The van der Waals surface area contributed by atoms with Crippen molar-refractivity contribution in [2.45, 2.75) is 18.7 Å². The fraction of sp³-hybridized carbons (Fsp3) is 0.647. The second kappa shape index (κ2) is 7.39. The molecule has 1 heterocycles. The minimum absolute atomic E-state index is 0.00511. The lowest BCUT2D eigenvalue weighted by molar-refractivity contribution is 0.185. The Balaban J connectivity index is 2.33. The summed E-state index contributed by atoms with van der Waals surface area (Å²) in [5.41, 5.74) is 1.47. The molecule has 136 valence electrons. The molecular weight excluding hydrogens is 328 g/mol. The third-order valence-electron chi connectivity index (χ3n) is 4.69. The number of methoxy groups -OCH3 is 1. The molecule has 7 heteroatoms. The van der Waals surface area contributed by atoms with Gasteiger partial charge in [0, 0.05) is 32.2 Å². The first-order chi connectivity index (χ1) is 11.2. The highest BCUT2D eigenvalue weighted by molar-refractivity contribution is 7.89. The molecule has 6 nitrogen and oxygen atoms in total. The van der Waals surface area contributed by atoms with Crippen molar-refractivity contribution in [3.8, 4) is 5.75 Å². The Morgan fingerprint density at radius 2 is 1.83 bits per heavy atom. The number of benzene rings is 1. The number of rotatable bonds is 6. The molecule has 0 radical (unpaired) electrons. The van der Waals surface area contributed by atoms with Gasteiger partial charge in [-0.1, -0.05) is 0 Å². The molecule has 24 heavy (non-hydrogen) atoms. The summed E-state index contributed by atoms with van der Waals surface area (Å²) in [6, 6.07) is 3.44. The predicted octanol–water partition coefficient (Wildman–Crippen LogP) is 1.10. The second-order valence-electron chi connectivity index (χ2n) is 6.87. The molecule has 0 unspecified atom stereocenters. The van der Waals surface area contributed by atoms with E-state index in [9.17, 15) is 13.5 Å². The molecule has 2 rings (SSSR count). The maximum Gasteiger partial charge on any atom is 0.243 e. The number of sulfonamides is 1. The number of hydrogen-bond donors (Lipinski definition) is 1. The lowest BCUT2D eigenvalue weighted by Gasteiger charge is -2.20. The highest BCUT2D eigenvalue weighted by Crippen LogP contribution is 2.32. The van der Waals surface area contributed by atoms with Crippen LogP contribution >= 0.6 is 0 Å². The summed E-state index contributed by atoms with van der Waals surface area (Å²) >= 11 is 0. The fourth-order valence-electron chi connectivity index (χ4n) is 3.37. The first kappa shape index (κ1) is 19.2. The topological polar surface area (TPSA) is 70.1 Å². The average Bonchev–Trinajstić information content (AvgIpc) is 2.91. The number of ether oxygens (including phenoxy) is 1. The highest BCUT2D eigenvalue weighted by Gasteiger charge is 2.39. The average molecular weight is 356 g/mol. The summed E-state index contributed by atoms with van der Waals surface area (Å²) in [6.07, 6.45) is 0. The first-order valence-electron chi connectivity index (χ1n) is 8.11. The Labute approximate surface area is 145 Å². The van der Waals surface area contributed by atoms with Crippen LogP contribution in [0.4, 0.5) is 0 Å². The van der Waals surface area contributed by atoms with Crippen molar-refractivity contribution in [1.29, 1.82) is 0 Å². The highest BCUT2D eigenvalue weighted by atomic mass is 32.2. The van der Waals surface area contributed by atoms with Crippen LogP contribution < -0.4 is 4.74 Å². The van der Waals surface area contributed by atoms with Crippen molar-refractivity contribution < 1.29 is 18.3 Å². The van der Waals surface area contributed by atoms with Crippen molar-refractivity contribution in [2.24, 2.45) is 11.8 Å². The van der Waals surface area contributed by atoms with Crippen molar-refractivity contribution >= 4 is 10.0 Å². The molecule has 2 atom stereocenters. The van der Waals surface area contributed by atoms with E-state index >= 15 is 0 Å². The second-order valence-corrected chi connectivity index (χ2v) is 8.78. The summed E-state index contributed by atoms with van der Waals surface area (Å²) in [5, 5.41) is 9.61. The van der Waals surface area contributed by atoms with Crippen LogP contribution in [-0.2, 0) is 10.0 Å². The summed E-state index contributed by atoms with van der Waals surface area (Å²) in [6.45, 7) is 5.19. The third-order valence-corrected chi connectivity index (χ3v) is 6.66. The van der Waals surface area contributed by atoms with Crippen LogP contribution in [0.1, 0.15) is 11.1 Å².